The second kappa shape index (κ2) is 9.37. The van der Waals surface area contributed by atoms with Crippen LogP contribution < -0.4 is 10.2 Å². The number of hydrogen-bond acceptors (Lipinski definition) is 5. The molecule has 0 unspecified atom stereocenters. The zero-order valence-corrected chi connectivity index (χ0v) is 17.0. The minimum atomic E-state index is -0.151. The highest BCUT2D eigenvalue weighted by atomic mass is 32.2. The number of fused-ring (bicyclic) bond motifs is 1. The van der Waals surface area contributed by atoms with Crippen LogP contribution in [0.1, 0.15) is 23.7 Å². The van der Waals surface area contributed by atoms with Crippen LogP contribution in [-0.2, 0) is 4.79 Å². The Morgan fingerprint density at radius 1 is 1.18 bits per heavy atom. The van der Waals surface area contributed by atoms with Gasteiger partial charge in [-0.1, -0.05) is 11.6 Å². The van der Waals surface area contributed by atoms with Crippen LogP contribution in [0.15, 0.2) is 58.5 Å². The first-order valence-electron chi connectivity index (χ1n) is 9.10. The molecule has 5 nitrogen and oxygen atoms in total. The SMILES string of the molecule is CCOc1ccc(/C=N/NC(=O)CSc2cc(C)nc3ccc(C)cc23)cc1. The summed E-state index contributed by atoms with van der Waals surface area (Å²) >= 11 is 1.49. The van der Waals surface area contributed by atoms with Gasteiger partial charge in [-0.15, -0.1) is 11.8 Å². The monoisotopic (exact) mass is 393 g/mol. The van der Waals surface area contributed by atoms with Crippen molar-refractivity contribution in [3.63, 3.8) is 0 Å². The molecule has 1 N–H and O–H groups in total. The minimum Gasteiger partial charge on any atom is -0.494 e. The first-order chi connectivity index (χ1) is 13.5. The lowest BCUT2D eigenvalue weighted by Crippen LogP contribution is -2.19. The molecule has 0 spiro atoms. The Morgan fingerprint density at radius 2 is 1.96 bits per heavy atom. The van der Waals surface area contributed by atoms with Crippen LogP contribution >= 0.6 is 11.8 Å². The van der Waals surface area contributed by atoms with E-state index in [1.165, 1.54) is 17.3 Å². The lowest BCUT2D eigenvalue weighted by molar-refractivity contribution is -0.118. The van der Waals surface area contributed by atoms with Gasteiger partial charge >= 0.3 is 0 Å². The molecule has 0 saturated carbocycles. The maximum absolute atomic E-state index is 12.2. The minimum absolute atomic E-state index is 0.151. The number of aryl methyl sites for hydroxylation is 2. The number of carbonyl (C=O) groups excluding carboxylic acids is 1. The highest BCUT2D eigenvalue weighted by Gasteiger charge is 2.08. The molecule has 28 heavy (non-hydrogen) atoms. The van der Waals surface area contributed by atoms with Crippen LogP contribution in [0.5, 0.6) is 5.75 Å². The lowest BCUT2D eigenvalue weighted by atomic mass is 10.1. The molecule has 0 radical (unpaired) electrons. The van der Waals surface area contributed by atoms with Crippen molar-refractivity contribution in [3.8, 4) is 5.75 Å². The third-order valence-corrected chi connectivity index (χ3v) is 5.06. The normalized spacial score (nSPS) is 11.1. The van der Waals surface area contributed by atoms with E-state index in [2.05, 4.69) is 28.5 Å². The van der Waals surface area contributed by atoms with E-state index < -0.39 is 0 Å². The summed E-state index contributed by atoms with van der Waals surface area (Å²) < 4.78 is 5.40. The molecule has 1 aromatic heterocycles. The van der Waals surface area contributed by atoms with Crippen molar-refractivity contribution in [2.45, 2.75) is 25.7 Å². The predicted molar refractivity (Wildman–Crippen MR) is 115 cm³/mol. The summed E-state index contributed by atoms with van der Waals surface area (Å²) in [6.07, 6.45) is 1.62. The van der Waals surface area contributed by atoms with E-state index >= 15 is 0 Å². The van der Waals surface area contributed by atoms with E-state index in [1.54, 1.807) is 6.21 Å². The molecule has 1 amide bonds. The average molecular weight is 394 g/mol. The zero-order valence-electron chi connectivity index (χ0n) is 16.2. The van der Waals surface area contributed by atoms with Gasteiger partial charge in [0.1, 0.15) is 5.75 Å². The molecule has 0 atom stereocenters. The van der Waals surface area contributed by atoms with Gasteiger partial charge in [0.2, 0.25) is 5.91 Å². The van der Waals surface area contributed by atoms with E-state index in [1.807, 2.05) is 56.3 Å². The number of nitrogens with zero attached hydrogens (tertiary/aromatic N) is 2. The van der Waals surface area contributed by atoms with E-state index in [9.17, 15) is 4.79 Å². The van der Waals surface area contributed by atoms with Crippen LogP contribution in [-0.4, -0.2) is 29.5 Å². The Labute approximate surface area is 169 Å². The van der Waals surface area contributed by atoms with Gasteiger partial charge in [-0.2, -0.15) is 5.10 Å². The number of amides is 1. The molecule has 3 aromatic rings. The van der Waals surface area contributed by atoms with Gasteiger partial charge in [0.25, 0.3) is 0 Å². The van der Waals surface area contributed by atoms with Crippen molar-refractivity contribution >= 4 is 34.8 Å². The molecule has 3 rings (SSSR count). The molecule has 0 aliphatic rings. The van der Waals surface area contributed by atoms with Crippen LogP contribution in [0.2, 0.25) is 0 Å². The summed E-state index contributed by atoms with van der Waals surface area (Å²) in [5.74, 6) is 0.949. The fourth-order valence-electron chi connectivity index (χ4n) is 2.73. The topological polar surface area (TPSA) is 63.6 Å². The second-order valence-corrected chi connectivity index (χ2v) is 7.38. The number of pyridine rings is 1. The molecule has 6 heteroatoms. The number of hydrazone groups is 1. The van der Waals surface area contributed by atoms with Crippen molar-refractivity contribution < 1.29 is 9.53 Å². The van der Waals surface area contributed by atoms with Gasteiger partial charge in [0.15, 0.2) is 0 Å². The maximum Gasteiger partial charge on any atom is 0.250 e. The number of benzene rings is 2. The van der Waals surface area contributed by atoms with Gasteiger partial charge in [-0.05, 0) is 68.8 Å². The number of ether oxygens (including phenoxy) is 1. The van der Waals surface area contributed by atoms with Crippen molar-refractivity contribution in [1.82, 2.24) is 10.4 Å². The average Bonchev–Trinajstić information content (AvgIpc) is 2.68. The van der Waals surface area contributed by atoms with Gasteiger partial charge < -0.3 is 4.74 Å². The van der Waals surface area contributed by atoms with Gasteiger partial charge in [-0.3, -0.25) is 9.78 Å². The first kappa shape index (κ1) is 19.9. The summed E-state index contributed by atoms with van der Waals surface area (Å²) in [6, 6.07) is 15.7. The standard InChI is InChI=1S/C22H23N3O2S/c1-4-27-18-8-6-17(7-9-18)13-23-25-22(26)14-28-21-12-16(3)24-20-10-5-15(2)11-19(20)21/h5-13H,4,14H2,1-3H3,(H,25,26)/b23-13+. The smallest absolute Gasteiger partial charge is 0.250 e. The molecule has 144 valence electrons. The Bertz CT molecular complexity index is 1000. The summed E-state index contributed by atoms with van der Waals surface area (Å²) in [5, 5.41) is 5.10. The molecular formula is C22H23N3O2S. The number of hydrogen-bond donors (Lipinski definition) is 1. The fourth-order valence-corrected chi connectivity index (χ4v) is 3.65. The van der Waals surface area contributed by atoms with E-state index in [-0.39, 0.29) is 11.7 Å². The highest BCUT2D eigenvalue weighted by molar-refractivity contribution is 8.00. The molecule has 0 aliphatic heterocycles. The molecule has 0 fully saturated rings. The molecule has 2 aromatic carbocycles. The lowest BCUT2D eigenvalue weighted by Gasteiger charge is -2.08. The third-order valence-electron chi connectivity index (χ3n) is 4.01. The quantitative estimate of drug-likeness (QED) is 0.365. The van der Waals surface area contributed by atoms with Crippen molar-refractivity contribution in [2.75, 3.05) is 12.4 Å². The predicted octanol–water partition coefficient (Wildman–Crippen LogP) is 4.49. The Hall–Kier alpha value is -2.86. The first-order valence-corrected chi connectivity index (χ1v) is 10.1. The van der Waals surface area contributed by atoms with Gasteiger partial charge in [0.05, 0.1) is 24.1 Å². The number of rotatable bonds is 7. The maximum atomic E-state index is 12.2. The highest BCUT2D eigenvalue weighted by Crippen LogP contribution is 2.28. The fraction of sp³-hybridized carbons (Fsp3) is 0.227. The van der Waals surface area contributed by atoms with Crippen LogP contribution in [0.4, 0.5) is 0 Å². The van der Waals surface area contributed by atoms with Crippen molar-refractivity contribution in [1.29, 1.82) is 0 Å². The van der Waals surface area contributed by atoms with Crippen molar-refractivity contribution in [2.24, 2.45) is 5.10 Å². The van der Waals surface area contributed by atoms with E-state index in [4.69, 9.17) is 4.74 Å². The number of thioether (sulfide) groups is 1. The Morgan fingerprint density at radius 3 is 2.71 bits per heavy atom. The van der Waals surface area contributed by atoms with E-state index in [0.717, 1.165) is 32.8 Å². The van der Waals surface area contributed by atoms with Crippen LogP contribution in [0.25, 0.3) is 10.9 Å². The summed E-state index contributed by atoms with van der Waals surface area (Å²) in [5.41, 5.74) is 6.52. The Balaban J connectivity index is 1.58. The molecule has 0 bridgehead atoms. The number of aromatic nitrogens is 1. The largest absolute Gasteiger partial charge is 0.494 e. The van der Waals surface area contributed by atoms with Crippen molar-refractivity contribution in [3.05, 3.63) is 65.4 Å². The summed E-state index contributed by atoms with van der Waals surface area (Å²) in [4.78, 5) is 17.8. The van der Waals surface area contributed by atoms with Gasteiger partial charge in [-0.25, -0.2) is 5.43 Å². The molecule has 0 aliphatic carbocycles. The van der Waals surface area contributed by atoms with E-state index in [0.29, 0.717) is 6.61 Å². The number of nitrogens with one attached hydrogen (secondary N) is 1. The molecule has 1 heterocycles. The molecular weight excluding hydrogens is 370 g/mol. The second-order valence-electron chi connectivity index (χ2n) is 6.37. The van der Waals surface area contributed by atoms with Gasteiger partial charge in [0, 0.05) is 16.0 Å². The van der Waals surface area contributed by atoms with Crippen LogP contribution in [0.3, 0.4) is 0 Å². The Kier molecular flexibility index (Phi) is 6.66. The van der Waals surface area contributed by atoms with Crippen LogP contribution in [0, 0.1) is 13.8 Å². The molecule has 0 saturated heterocycles. The summed E-state index contributed by atoms with van der Waals surface area (Å²) in [6.45, 7) is 6.59. The summed E-state index contributed by atoms with van der Waals surface area (Å²) in [7, 11) is 0. The zero-order chi connectivity index (χ0) is 19.9. The number of carbonyl (C=O) groups is 1. The third kappa shape index (κ3) is 5.33.